The van der Waals surface area contributed by atoms with Crippen molar-refractivity contribution in [3.05, 3.63) is 48.3 Å². The normalized spacial score (nSPS) is 10.3. The quantitative estimate of drug-likeness (QED) is 0.580. The van der Waals surface area contributed by atoms with Crippen LogP contribution in [-0.4, -0.2) is 17.0 Å². The van der Waals surface area contributed by atoms with Gasteiger partial charge in [-0.15, -0.1) is 0 Å². The van der Waals surface area contributed by atoms with Crippen molar-refractivity contribution in [2.45, 2.75) is 20.0 Å². The van der Waals surface area contributed by atoms with E-state index in [-0.39, 0.29) is 17.7 Å². The number of hydrogen-bond acceptors (Lipinski definition) is 5. The van der Waals surface area contributed by atoms with E-state index in [2.05, 4.69) is 15.7 Å². The summed E-state index contributed by atoms with van der Waals surface area (Å²) in [6.45, 7) is 3.92. The highest BCUT2D eigenvalue weighted by atomic mass is 16.5. The Morgan fingerprint density at radius 3 is 2.52 bits per heavy atom. The lowest BCUT2D eigenvalue weighted by atomic mass is 10.2. The second kappa shape index (κ2) is 6.71. The summed E-state index contributed by atoms with van der Waals surface area (Å²) in [4.78, 5) is 16.1. The van der Waals surface area contributed by atoms with Crippen LogP contribution in [0.2, 0.25) is 0 Å². The second-order valence-electron chi connectivity index (χ2n) is 4.72. The third-order valence-electron chi connectivity index (χ3n) is 2.64. The molecule has 0 unspecified atom stereocenters. The zero-order valence-electron chi connectivity index (χ0n) is 12.0. The molecule has 2 rings (SSSR count). The number of nitrogen functional groups attached to an aromatic ring is 1. The number of hydrogen-bond donors (Lipinski definition) is 3. The van der Waals surface area contributed by atoms with Crippen LogP contribution in [0.1, 0.15) is 24.3 Å². The summed E-state index contributed by atoms with van der Waals surface area (Å²) in [7, 11) is 0. The molecule has 2 aromatic rings. The summed E-state index contributed by atoms with van der Waals surface area (Å²) >= 11 is 0. The molecule has 110 valence electrons. The lowest BCUT2D eigenvalue weighted by Gasteiger charge is -2.10. The van der Waals surface area contributed by atoms with Gasteiger partial charge in [0, 0.05) is 11.9 Å². The summed E-state index contributed by atoms with van der Waals surface area (Å²) in [6, 6.07) is 10.4. The van der Waals surface area contributed by atoms with Gasteiger partial charge in [0.2, 0.25) is 0 Å². The van der Waals surface area contributed by atoms with Gasteiger partial charge < -0.3 is 15.5 Å². The average Bonchev–Trinajstić information content (AvgIpc) is 2.49. The van der Waals surface area contributed by atoms with E-state index in [0.717, 1.165) is 5.75 Å². The highest BCUT2D eigenvalue weighted by Crippen LogP contribution is 2.17. The number of nitrogens with zero attached hydrogens (tertiary/aromatic N) is 1. The maximum atomic E-state index is 12.1. The van der Waals surface area contributed by atoms with Crippen molar-refractivity contribution < 1.29 is 9.53 Å². The SMILES string of the molecule is CC(C)Oc1ccc(NC(=O)c2cc(NN)ccn2)cc1. The molecule has 1 aromatic carbocycles. The van der Waals surface area contributed by atoms with Gasteiger partial charge in [-0.3, -0.25) is 15.6 Å². The summed E-state index contributed by atoms with van der Waals surface area (Å²) in [5.74, 6) is 5.76. The monoisotopic (exact) mass is 286 g/mol. The highest BCUT2D eigenvalue weighted by molar-refractivity contribution is 6.03. The predicted molar refractivity (Wildman–Crippen MR) is 82.2 cm³/mol. The fourth-order valence-corrected chi connectivity index (χ4v) is 1.73. The van der Waals surface area contributed by atoms with Gasteiger partial charge in [-0.2, -0.15) is 0 Å². The Morgan fingerprint density at radius 2 is 1.90 bits per heavy atom. The van der Waals surface area contributed by atoms with Crippen LogP contribution in [0.4, 0.5) is 11.4 Å². The first-order valence-corrected chi connectivity index (χ1v) is 6.59. The van der Waals surface area contributed by atoms with E-state index < -0.39 is 0 Å². The molecule has 0 spiro atoms. The van der Waals surface area contributed by atoms with Gasteiger partial charge in [-0.1, -0.05) is 0 Å². The van der Waals surface area contributed by atoms with Crippen molar-refractivity contribution in [1.82, 2.24) is 4.98 Å². The summed E-state index contributed by atoms with van der Waals surface area (Å²) in [5, 5.41) is 2.76. The van der Waals surface area contributed by atoms with Gasteiger partial charge in [0.1, 0.15) is 11.4 Å². The standard InChI is InChI=1S/C15H18N4O2/c1-10(2)21-13-5-3-11(4-6-13)18-15(20)14-9-12(19-16)7-8-17-14/h3-10H,16H2,1-2H3,(H,17,19)(H,18,20). The molecule has 0 saturated heterocycles. The maximum absolute atomic E-state index is 12.1. The third-order valence-corrected chi connectivity index (χ3v) is 2.64. The Labute approximate surface area is 123 Å². The molecule has 6 heteroatoms. The topological polar surface area (TPSA) is 89.3 Å². The van der Waals surface area contributed by atoms with E-state index in [1.165, 1.54) is 6.20 Å². The van der Waals surface area contributed by atoms with Gasteiger partial charge in [-0.25, -0.2) is 0 Å². The summed E-state index contributed by atoms with van der Waals surface area (Å²) in [5.41, 5.74) is 4.05. The first-order chi connectivity index (χ1) is 10.1. The molecule has 0 aliphatic carbocycles. The number of aromatic nitrogens is 1. The Balaban J connectivity index is 2.05. The van der Waals surface area contributed by atoms with Gasteiger partial charge in [-0.05, 0) is 50.2 Å². The van der Waals surface area contributed by atoms with E-state index in [1.54, 1.807) is 36.4 Å². The zero-order chi connectivity index (χ0) is 15.2. The number of carbonyl (C=O) groups is 1. The Morgan fingerprint density at radius 1 is 1.19 bits per heavy atom. The van der Waals surface area contributed by atoms with Crippen LogP contribution in [0, 0.1) is 0 Å². The van der Waals surface area contributed by atoms with Gasteiger partial charge in [0.25, 0.3) is 5.91 Å². The Hall–Kier alpha value is -2.60. The number of nitrogens with two attached hydrogens (primary N) is 1. The molecule has 0 radical (unpaired) electrons. The second-order valence-corrected chi connectivity index (χ2v) is 4.72. The van der Waals surface area contributed by atoms with Crippen LogP contribution >= 0.6 is 0 Å². The van der Waals surface area contributed by atoms with Crippen molar-refractivity contribution in [3.8, 4) is 5.75 Å². The van der Waals surface area contributed by atoms with Gasteiger partial charge in [0.05, 0.1) is 11.8 Å². The fourth-order valence-electron chi connectivity index (χ4n) is 1.73. The summed E-state index contributed by atoms with van der Waals surface area (Å²) in [6.07, 6.45) is 1.63. The van der Waals surface area contributed by atoms with E-state index in [1.807, 2.05) is 13.8 Å². The summed E-state index contributed by atoms with van der Waals surface area (Å²) < 4.78 is 5.54. The first-order valence-electron chi connectivity index (χ1n) is 6.59. The van der Waals surface area contributed by atoms with Crippen molar-refractivity contribution in [3.63, 3.8) is 0 Å². The molecule has 0 aliphatic heterocycles. The van der Waals surface area contributed by atoms with E-state index >= 15 is 0 Å². The minimum Gasteiger partial charge on any atom is -0.491 e. The third kappa shape index (κ3) is 4.19. The van der Waals surface area contributed by atoms with Crippen LogP contribution in [0.5, 0.6) is 5.75 Å². The average molecular weight is 286 g/mol. The lowest BCUT2D eigenvalue weighted by molar-refractivity contribution is 0.102. The number of amides is 1. The van der Waals surface area contributed by atoms with Crippen LogP contribution in [0.15, 0.2) is 42.6 Å². The molecule has 4 N–H and O–H groups in total. The molecule has 21 heavy (non-hydrogen) atoms. The molecular formula is C15H18N4O2. The molecule has 1 aromatic heterocycles. The molecule has 0 fully saturated rings. The van der Waals surface area contributed by atoms with Crippen LogP contribution in [0.3, 0.4) is 0 Å². The minimum absolute atomic E-state index is 0.112. The number of pyridine rings is 1. The van der Waals surface area contributed by atoms with Gasteiger partial charge in [0.15, 0.2) is 0 Å². The molecule has 1 heterocycles. The number of anilines is 2. The molecule has 0 bridgehead atoms. The molecule has 6 nitrogen and oxygen atoms in total. The smallest absolute Gasteiger partial charge is 0.274 e. The molecular weight excluding hydrogens is 268 g/mol. The molecule has 0 saturated carbocycles. The number of benzene rings is 1. The van der Waals surface area contributed by atoms with E-state index in [9.17, 15) is 4.79 Å². The van der Waals surface area contributed by atoms with Gasteiger partial charge >= 0.3 is 0 Å². The van der Waals surface area contributed by atoms with Crippen LogP contribution in [0.25, 0.3) is 0 Å². The number of ether oxygens (including phenoxy) is 1. The fraction of sp³-hybridized carbons (Fsp3) is 0.200. The van der Waals surface area contributed by atoms with E-state index in [4.69, 9.17) is 10.6 Å². The number of hydrazine groups is 1. The van der Waals surface area contributed by atoms with Crippen molar-refractivity contribution in [2.24, 2.45) is 5.84 Å². The Kier molecular flexibility index (Phi) is 4.73. The maximum Gasteiger partial charge on any atom is 0.274 e. The first kappa shape index (κ1) is 14.8. The number of nitrogens with one attached hydrogen (secondary N) is 2. The lowest BCUT2D eigenvalue weighted by Crippen LogP contribution is -2.15. The largest absolute Gasteiger partial charge is 0.491 e. The van der Waals surface area contributed by atoms with Crippen LogP contribution in [-0.2, 0) is 0 Å². The predicted octanol–water partition coefficient (Wildman–Crippen LogP) is 2.41. The van der Waals surface area contributed by atoms with Crippen LogP contribution < -0.4 is 21.3 Å². The molecule has 1 amide bonds. The minimum atomic E-state index is -0.301. The van der Waals surface area contributed by atoms with Crippen molar-refractivity contribution in [2.75, 3.05) is 10.7 Å². The zero-order valence-corrected chi connectivity index (χ0v) is 12.0. The molecule has 0 aliphatic rings. The van der Waals surface area contributed by atoms with Crippen molar-refractivity contribution >= 4 is 17.3 Å². The number of rotatable bonds is 5. The van der Waals surface area contributed by atoms with Crippen molar-refractivity contribution in [1.29, 1.82) is 0 Å². The number of carbonyl (C=O) groups excluding carboxylic acids is 1. The Bertz CT molecular complexity index is 611. The highest BCUT2D eigenvalue weighted by Gasteiger charge is 2.08. The molecule has 0 atom stereocenters. The van der Waals surface area contributed by atoms with E-state index in [0.29, 0.717) is 11.4 Å².